The third-order valence-electron chi connectivity index (χ3n) is 4.53. The molecule has 6 heteroatoms. The lowest BCUT2D eigenvalue weighted by Crippen LogP contribution is -2.40. The summed E-state index contributed by atoms with van der Waals surface area (Å²) in [4.78, 5) is 14.6. The minimum absolute atomic E-state index is 0.199. The van der Waals surface area contributed by atoms with E-state index in [4.69, 9.17) is 14.2 Å². The maximum atomic E-state index is 12.6. The van der Waals surface area contributed by atoms with Crippen LogP contribution in [0.2, 0.25) is 0 Å². The third-order valence-corrected chi connectivity index (χ3v) is 4.53. The number of methoxy groups -OCH3 is 3. The molecule has 0 saturated carbocycles. The van der Waals surface area contributed by atoms with Crippen molar-refractivity contribution in [2.24, 2.45) is 0 Å². The van der Waals surface area contributed by atoms with Crippen molar-refractivity contribution in [2.75, 3.05) is 41.5 Å². The van der Waals surface area contributed by atoms with E-state index in [0.29, 0.717) is 36.1 Å². The zero-order valence-corrected chi connectivity index (χ0v) is 15.1. The molecule has 2 rings (SSSR count). The number of aryl methyl sites for hydroxylation is 1. The predicted octanol–water partition coefficient (Wildman–Crippen LogP) is 1.86. The van der Waals surface area contributed by atoms with Crippen LogP contribution in [-0.2, 0) is 11.2 Å². The minimum Gasteiger partial charge on any atom is -0.493 e. The molecular weight excluding hydrogens is 308 g/mol. The topological polar surface area (TPSA) is 60.0 Å². The highest BCUT2D eigenvalue weighted by molar-refractivity contribution is 5.77. The van der Waals surface area contributed by atoms with E-state index >= 15 is 0 Å². The van der Waals surface area contributed by atoms with Crippen LogP contribution in [0.25, 0.3) is 0 Å². The van der Waals surface area contributed by atoms with Gasteiger partial charge in [-0.2, -0.15) is 0 Å². The smallest absolute Gasteiger partial charge is 0.223 e. The van der Waals surface area contributed by atoms with Crippen molar-refractivity contribution >= 4 is 5.91 Å². The highest BCUT2D eigenvalue weighted by Gasteiger charge is 2.28. The van der Waals surface area contributed by atoms with Gasteiger partial charge in [-0.1, -0.05) is 6.07 Å². The summed E-state index contributed by atoms with van der Waals surface area (Å²) >= 11 is 0. The first-order valence-corrected chi connectivity index (χ1v) is 8.38. The van der Waals surface area contributed by atoms with Gasteiger partial charge in [-0.25, -0.2) is 0 Å². The molecule has 134 valence electrons. The molecule has 1 unspecified atom stereocenters. The molecule has 1 aromatic rings. The number of likely N-dealkylation sites (N-methyl/N-ethyl adjacent to an activating group) is 1. The Morgan fingerprint density at radius 1 is 1.21 bits per heavy atom. The third kappa shape index (κ3) is 3.93. The Balaban J connectivity index is 2.07. The van der Waals surface area contributed by atoms with Crippen LogP contribution in [0.1, 0.15) is 24.8 Å². The van der Waals surface area contributed by atoms with Gasteiger partial charge in [-0.3, -0.25) is 4.79 Å². The number of carbonyl (C=O) groups is 1. The van der Waals surface area contributed by atoms with Crippen LogP contribution in [0.3, 0.4) is 0 Å². The molecule has 1 saturated heterocycles. The van der Waals surface area contributed by atoms with Gasteiger partial charge in [0.15, 0.2) is 11.5 Å². The van der Waals surface area contributed by atoms with Gasteiger partial charge >= 0.3 is 0 Å². The van der Waals surface area contributed by atoms with Gasteiger partial charge in [0, 0.05) is 25.6 Å². The summed E-state index contributed by atoms with van der Waals surface area (Å²) in [7, 11) is 6.71. The summed E-state index contributed by atoms with van der Waals surface area (Å²) in [6, 6.07) is 4.10. The van der Waals surface area contributed by atoms with Crippen LogP contribution < -0.4 is 19.5 Å². The lowest BCUT2D eigenvalue weighted by atomic mass is 10.1. The maximum absolute atomic E-state index is 12.6. The molecule has 0 aromatic heterocycles. The minimum atomic E-state index is 0.199. The Hall–Kier alpha value is -1.95. The highest BCUT2D eigenvalue weighted by Crippen LogP contribution is 2.40. The second-order valence-electron chi connectivity index (χ2n) is 5.93. The van der Waals surface area contributed by atoms with E-state index in [0.717, 1.165) is 31.5 Å². The molecule has 1 aromatic carbocycles. The van der Waals surface area contributed by atoms with Gasteiger partial charge in [-0.05, 0) is 37.9 Å². The van der Waals surface area contributed by atoms with Crippen molar-refractivity contribution < 1.29 is 19.0 Å². The second-order valence-corrected chi connectivity index (χ2v) is 5.93. The van der Waals surface area contributed by atoms with E-state index in [1.807, 2.05) is 24.1 Å². The average Bonchev–Trinajstić information content (AvgIpc) is 3.07. The van der Waals surface area contributed by atoms with Gasteiger partial charge < -0.3 is 24.4 Å². The number of nitrogens with zero attached hydrogens (tertiary/aromatic N) is 1. The zero-order chi connectivity index (χ0) is 17.5. The summed E-state index contributed by atoms with van der Waals surface area (Å²) in [6.45, 7) is 1.71. The Labute approximate surface area is 144 Å². The normalized spacial score (nSPS) is 17.0. The molecule has 1 heterocycles. The largest absolute Gasteiger partial charge is 0.493 e. The molecule has 24 heavy (non-hydrogen) atoms. The van der Waals surface area contributed by atoms with Crippen molar-refractivity contribution in [1.82, 2.24) is 10.2 Å². The van der Waals surface area contributed by atoms with Gasteiger partial charge in [-0.15, -0.1) is 0 Å². The molecule has 1 aliphatic heterocycles. The molecule has 0 bridgehead atoms. The Morgan fingerprint density at radius 3 is 2.58 bits per heavy atom. The van der Waals surface area contributed by atoms with E-state index in [2.05, 4.69) is 5.32 Å². The number of hydrogen-bond donors (Lipinski definition) is 1. The van der Waals surface area contributed by atoms with E-state index < -0.39 is 0 Å². The van der Waals surface area contributed by atoms with Crippen LogP contribution in [0.15, 0.2) is 12.1 Å². The molecule has 1 fully saturated rings. The van der Waals surface area contributed by atoms with Crippen molar-refractivity contribution in [2.45, 2.75) is 31.7 Å². The Bertz CT molecular complexity index is 562. The fourth-order valence-corrected chi connectivity index (χ4v) is 3.36. The van der Waals surface area contributed by atoms with E-state index in [9.17, 15) is 4.79 Å². The molecular formula is C18H28N2O4. The second kappa shape index (κ2) is 8.78. The summed E-state index contributed by atoms with van der Waals surface area (Å²) in [5, 5.41) is 3.17. The standard InChI is InChI=1S/C18H28N2O4/c1-19-12-14-6-5-11-20(14)16(21)10-8-13-7-9-15(22-2)18(24-4)17(13)23-3/h7,9,14,19H,5-6,8,10-12H2,1-4H3. The summed E-state index contributed by atoms with van der Waals surface area (Å²) < 4.78 is 16.2. The van der Waals surface area contributed by atoms with Gasteiger partial charge in [0.1, 0.15) is 0 Å². The number of hydrogen-bond acceptors (Lipinski definition) is 5. The molecule has 0 spiro atoms. The van der Waals surface area contributed by atoms with E-state index in [1.54, 1.807) is 21.3 Å². The summed E-state index contributed by atoms with van der Waals surface area (Å²) in [5.41, 5.74) is 0.952. The number of amides is 1. The quantitative estimate of drug-likeness (QED) is 0.785. The molecule has 1 amide bonds. The van der Waals surface area contributed by atoms with Crippen LogP contribution in [-0.4, -0.2) is 58.3 Å². The highest BCUT2D eigenvalue weighted by atomic mass is 16.5. The van der Waals surface area contributed by atoms with Crippen LogP contribution in [0, 0.1) is 0 Å². The van der Waals surface area contributed by atoms with Crippen molar-refractivity contribution in [3.05, 3.63) is 17.7 Å². The van der Waals surface area contributed by atoms with Crippen molar-refractivity contribution in [3.8, 4) is 17.2 Å². The first kappa shape index (κ1) is 18.4. The van der Waals surface area contributed by atoms with Crippen molar-refractivity contribution in [3.63, 3.8) is 0 Å². The number of likely N-dealkylation sites (tertiary alicyclic amines) is 1. The SMILES string of the molecule is CNCC1CCCN1C(=O)CCc1ccc(OC)c(OC)c1OC. The molecule has 1 aliphatic rings. The fourth-order valence-electron chi connectivity index (χ4n) is 3.36. The lowest BCUT2D eigenvalue weighted by Gasteiger charge is -2.25. The molecule has 6 nitrogen and oxygen atoms in total. The predicted molar refractivity (Wildman–Crippen MR) is 93.1 cm³/mol. The number of carbonyl (C=O) groups excluding carboxylic acids is 1. The van der Waals surface area contributed by atoms with Crippen LogP contribution in [0.5, 0.6) is 17.2 Å². The van der Waals surface area contributed by atoms with Crippen LogP contribution in [0.4, 0.5) is 0 Å². The molecule has 0 aliphatic carbocycles. The number of rotatable bonds is 8. The summed E-state index contributed by atoms with van der Waals surface area (Å²) in [6.07, 6.45) is 3.24. The number of benzene rings is 1. The lowest BCUT2D eigenvalue weighted by molar-refractivity contribution is -0.131. The zero-order valence-electron chi connectivity index (χ0n) is 15.1. The molecule has 0 radical (unpaired) electrons. The van der Waals surface area contributed by atoms with Gasteiger partial charge in [0.05, 0.1) is 21.3 Å². The number of ether oxygens (including phenoxy) is 3. The average molecular weight is 336 g/mol. The first-order valence-electron chi connectivity index (χ1n) is 8.38. The molecule has 1 atom stereocenters. The van der Waals surface area contributed by atoms with E-state index in [-0.39, 0.29) is 5.91 Å². The fraction of sp³-hybridized carbons (Fsp3) is 0.611. The Morgan fingerprint density at radius 2 is 1.96 bits per heavy atom. The Kier molecular flexibility index (Phi) is 6.73. The monoisotopic (exact) mass is 336 g/mol. The van der Waals surface area contributed by atoms with Crippen molar-refractivity contribution in [1.29, 1.82) is 0 Å². The molecule has 1 N–H and O–H groups in total. The van der Waals surface area contributed by atoms with Gasteiger partial charge in [0.25, 0.3) is 0 Å². The van der Waals surface area contributed by atoms with Gasteiger partial charge in [0.2, 0.25) is 11.7 Å². The van der Waals surface area contributed by atoms with Crippen LogP contribution >= 0.6 is 0 Å². The number of nitrogens with one attached hydrogen (secondary N) is 1. The first-order chi connectivity index (χ1) is 11.7. The summed E-state index contributed by atoms with van der Waals surface area (Å²) in [5.74, 6) is 2.03. The maximum Gasteiger partial charge on any atom is 0.223 e. The van der Waals surface area contributed by atoms with E-state index in [1.165, 1.54) is 0 Å².